The zero-order valence-electron chi connectivity index (χ0n) is 24.3. The average Bonchev–Trinajstić information content (AvgIpc) is 2.86. The summed E-state index contributed by atoms with van der Waals surface area (Å²) in [7, 11) is 0. The fourth-order valence-electron chi connectivity index (χ4n) is 4.72. The topological polar surface area (TPSA) is 26.3 Å². The van der Waals surface area contributed by atoms with Crippen molar-refractivity contribution >= 4 is 5.97 Å². The minimum absolute atomic E-state index is 0.0189. The Balaban J connectivity index is 3.18. The van der Waals surface area contributed by atoms with Crippen molar-refractivity contribution in [3.63, 3.8) is 0 Å². The van der Waals surface area contributed by atoms with Crippen molar-refractivity contribution in [1.29, 1.82) is 0 Å². The number of unbranched alkanes of at least 4 members (excludes halogenated alkanes) is 23. The number of hydrogen-bond acceptors (Lipinski definition) is 2. The van der Waals surface area contributed by atoms with Crippen molar-refractivity contribution in [2.45, 2.75) is 187 Å². The minimum atomic E-state index is 0.0189. The minimum Gasteiger partial charge on any atom is -0.466 e. The van der Waals surface area contributed by atoms with Gasteiger partial charge in [-0.25, -0.2) is 0 Å². The molecule has 0 aliphatic heterocycles. The quantitative estimate of drug-likeness (QED) is 0.0589. The van der Waals surface area contributed by atoms with Gasteiger partial charge in [0, 0.05) is 6.42 Å². The number of esters is 1. The van der Waals surface area contributed by atoms with E-state index in [4.69, 9.17) is 4.74 Å². The first-order chi connectivity index (χ1) is 17.3. The van der Waals surface area contributed by atoms with Crippen LogP contribution in [-0.2, 0) is 9.53 Å². The second kappa shape index (κ2) is 31.2. The van der Waals surface area contributed by atoms with Crippen LogP contribution in [0.3, 0.4) is 0 Å². The first-order valence-corrected chi connectivity index (χ1v) is 16.1. The first-order valence-electron chi connectivity index (χ1n) is 16.1. The van der Waals surface area contributed by atoms with Gasteiger partial charge in [-0.1, -0.05) is 154 Å². The van der Waals surface area contributed by atoms with Crippen LogP contribution in [0, 0.1) is 0 Å². The molecule has 0 amide bonds. The summed E-state index contributed by atoms with van der Waals surface area (Å²) in [6.45, 7) is 5.18. The Hall–Kier alpha value is -0.790. The lowest BCUT2D eigenvalue weighted by Crippen LogP contribution is -2.05. The Morgan fingerprint density at radius 3 is 1.26 bits per heavy atom. The van der Waals surface area contributed by atoms with Crippen LogP contribution in [0.25, 0.3) is 0 Å². The monoisotopic (exact) mass is 492 g/mol. The van der Waals surface area contributed by atoms with Gasteiger partial charge >= 0.3 is 5.97 Å². The SMILES string of the molecule is CCCCCCC=CCCCCCCCCCC(=O)OCCCCCCCCCCCCCCC. The van der Waals surface area contributed by atoms with Crippen LogP contribution in [0.2, 0.25) is 0 Å². The van der Waals surface area contributed by atoms with Crippen molar-refractivity contribution in [3.8, 4) is 0 Å². The predicted octanol–water partition coefficient (Wildman–Crippen LogP) is 11.7. The van der Waals surface area contributed by atoms with E-state index in [0.717, 1.165) is 12.8 Å². The molecule has 0 fully saturated rings. The Labute approximate surface area is 221 Å². The highest BCUT2D eigenvalue weighted by atomic mass is 16.5. The molecule has 0 heterocycles. The largest absolute Gasteiger partial charge is 0.466 e. The highest BCUT2D eigenvalue weighted by Gasteiger charge is 2.02. The molecule has 0 rings (SSSR count). The Kier molecular flexibility index (Phi) is 30.5. The molecule has 0 N–H and O–H groups in total. The van der Waals surface area contributed by atoms with E-state index >= 15 is 0 Å². The maximum absolute atomic E-state index is 11.9. The molecule has 0 aromatic rings. The molecule has 0 aliphatic rings. The third-order valence-corrected chi connectivity index (χ3v) is 7.15. The molecule has 2 nitrogen and oxygen atoms in total. The van der Waals surface area contributed by atoms with E-state index in [0.29, 0.717) is 13.0 Å². The van der Waals surface area contributed by atoms with E-state index in [1.54, 1.807) is 0 Å². The molecule has 0 spiro atoms. The van der Waals surface area contributed by atoms with Gasteiger partial charge in [-0.15, -0.1) is 0 Å². The second-order valence-electron chi connectivity index (χ2n) is 10.8. The van der Waals surface area contributed by atoms with Crippen LogP contribution in [0.4, 0.5) is 0 Å². The summed E-state index contributed by atoms with van der Waals surface area (Å²) in [4.78, 5) is 11.9. The molecule has 0 saturated heterocycles. The number of ether oxygens (including phenoxy) is 1. The van der Waals surface area contributed by atoms with Crippen molar-refractivity contribution in [1.82, 2.24) is 0 Å². The Morgan fingerprint density at radius 2 is 0.800 bits per heavy atom. The molecule has 2 heteroatoms. The smallest absolute Gasteiger partial charge is 0.305 e. The number of carbonyl (C=O) groups is 1. The molecule has 0 bridgehead atoms. The fraction of sp³-hybridized carbons (Fsp3) is 0.909. The molecule has 0 radical (unpaired) electrons. The molecule has 35 heavy (non-hydrogen) atoms. The van der Waals surface area contributed by atoms with Crippen LogP contribution in [-0.4, -0.2) is 12.6 Å². The Morgan fingerprint density at radius 1 is 0.457 bits per heavy atom. The summed E-state index contributed by atoms with van der Waals surface area (Å²) in [5, 5.41) is 0. The van der Waals surface area contributed by atoms with E-state index < -0.39 is 0 Å². The van der Waals surface area contributed by atoms with Gasteiger partial charge in [-0.2, -0.15) is 0 Å². The third kappa shape index (κ3) is 31.2. The van der Waals surface area contributed by atoms with Gasteiger partial charge in [-0.3, -0.25) is 4.79 Å². The summed E-state index contributed by atoms with van der Waals surface area (Å²) in [6, 6.07) is 0. The Bertz CT molecular complexity index is 429. The summed E-state index contributed by atoms with van der Waals surface area (Å²) in [5.74, 6) is 0.0189. The van der Waals surface area contributed by atoms with E-state index in [2.05, 4.69) is 26.0 Å². The van der Waals surface area contributed by atoms with Crippen LogP contribution in [0.1, 0.15) is 187 Å². The number of hydrogen-bond donors (Lipinski definition) is 0. The van der Waals surface area contributed by atoms with Crippen molar-refractivity contribution in [3.05, 3.63) is 12.2 Å². The molecular formula is C33H64O2. The predicted molar refractivity (Wildman–Crippen MR) is 156 cm³/mol. The normalized spacial score (nSPS) is 11.5. The number of carbonyl (C=O) groups excluding carboxylic acids is 1. The average molecular weight is 493 g/mol. The summed E-state index contributed by atoms with van der Waals surface area (Å²) in [5.41, 5.74) is 0. The van der Waals surface area contributed by atoms with Gasteiger partial charge < -0.3 is 4.74 Å². The number of allylic oxidation sites excluding steroid dienone is 2. The summed E-state index contributed by atoms with van der Waals surface area (Å²) in [6.07, 6.45) is 39.7. The number of rotatable bonds is 29. The molecule has 0 aromatic carbocycles. The van der Waals surface area contributed by atoms with Gasteiger partial charge in [0.15, 0.2) is 0 Å². The van der Waals surface area contributed by atoms with Gasteiger partial charge in [0.1, 0.15) is 0 Å². The van der Waals surface area contributed by atoms with Crippen molar-refractivity contribution in [2.75, 3.05) is 6.61 Å². The van der Waals surface area contributed by atoms with Gasteiger partial charge in [0.25, 0.3) is 0 Å². The van der Waals surface area contributed by atoms with Crippen LogP contribution >= 0.6 is 0 Å². The zero-order valence-corrected chi connectivity index (χ0v) is 24.3. The van der Waals surface area contributed by atoms with Crippen LogP contribution in [0.15, 0.2) is 12.2 Å². The van der Waals surface area contributed by atoms with Gasteiger partial charge in [0.05, 0.1) is 6.61 Å². The lowest BCUT2D eigenvalue weighted by Gasteiger charge is -2.05. The van der Waals surface area contributed by atoms with E-state index in [-0.39, 0.29) is 5.97 Å². The maximum Gasteiger partial charge on any atom is 0.305 e. The molecule has 0 saturated carbocycles. The van der Waals surface area contributed by atoms with Crippen LogP contribution < -0.4 is 0 Å². The molecule has 0 aliphatic carbocycles. The van der Waals surface area contributed by atoms with Crippen molar-refractivity contribution < 1.29 is 9.53 Å². The molecular weight excluding hydrogens is 428 g/mol. The lowest BCUT2D eigenvalue weighted by molar-refractivity contribution is -0.143. The third-order valence-electron chi connectivity index (χ3n) is 7.15. The fourth-order valence-corrected chi connectivity index (χ4v) is 4.72. The van der Waals surface area contributed by atoms with E-state index in [1.165, 1.54) is 154 Å². The van der Waals surface area contributed by atoms with Gasteiger partial charge in [0.2, 0.25) is 0 Å². The van der Waals surface area contributed by atoms with E-state index in [9.17, 15) is 4.79 Å². The first kappa shape index (κ1) is 34.2. The molecule has 0 unspecified atom stereocenters. The zero-order chi connectivity index (χ0) is 25.5. The summed E-state index contributed by atoms with van der Waals surface area (Å²) >= 11 is 0. The van der Waals surface area contributed by atoms with E-state index in [1.807, 2.05) is 0 Å². The molecule has 0 aromatic heterocycles. The van der Waals surface area contributed by atoms with Crippen molar-refractivity contribution in [2.24, 2.45) is 0 Å². The maximum atomic E-state index is 11.9. The van der Waals surface area contributed by atoms with Gasteiger partial charge in [-0.05, 0) is 38.5 Å². The molecule has 208 valence electrons. The standard InChI is InChI=1S/C33H64O2/c1-3-5-7-9-11-13-15-17-18-19-21-23-25-27-29-31-33(34)35-32-30-28-26-24-22-20-16-14-12-10-8-6-4-2/h13,15H,3-12,14,16-32H2,1-2H3. The van der Waals surface area contributed by atoms with Crippen LogP contribution in [0.5, 0.6) is 0 Å². The lowest BCUT2D eigenvalue weighted by atomic mass is 10.0. The summed E-state index contributed by atoms with van der Waals surface area (Å²) < 4.78 is 5.42. The highest BCUT2D eigenvalue weighted by Crippen LogP contribution is 2.13. The highest BCUT2D eigenvalue weighted by molar-refractivity contribution is 5.69. The molecule has 0 atom stereocenters. The second-order valence-corrected chi connectivity index (χ2v) is 10.8.